The highest BCUT2D eigenvalue weighted by atomic mass is 16.5. The molecule has 1 aliphatic heterocycles. The number of aliphatic hydroxyl groups is 1. The van der Waals surface area contributed by atoms with Crippen LogP contribution >= 0.6 is 0 Å². The van der Waals surface area contributed by atoms with Crippen LogP contribution in [-0.2, 0) is 20.7 Å². The SMILES string of the molecule is CCc1ccc(/C(O)=C2\C(=O)C(=O)N(c3cccc(C(=O)OC)c3)C2c2ccccc2)cc1. The minimum atomic E-state index is -0.857. The average Bonchev–Trinajstić information content (AvgIpc) is 3.14. The molecule has 1 N–H and O–H groups in total. The van der Waals surface area contributed by atoms with Crippen LogP contribution in [0.25, 0.3) is 5.76 Å². The molecule has 33 heavy (non-hydrogen) atoms. The Morgan fingerprint density at radius 2 is 1.64 bits per heavy atom. The van der Waals surface area contributed by atoms with Gasteiger partial charge in [0.1, 0.15) is 5.76 Å². The minimum absolute atomic E-state index is 0.00100. The molecule has 1 amide bonds. The monoisotopic (exact) mass is 441 g/mol. The summed E-state index contributed by atoms with van der Waals surface area (Å²) in [7, 11) is 1.27. The Bertz CT molecular complexity index is 1250. The van der Waals surface area contributed by atoms with E-state index in [1.807, 2.05) is 25.1 Å². The van der Waals surface area contributed by atoms with Crippen molar-refractivity contribution in [1.29, 1.82) is 0 Å². The summed E-state index contributed by atoms with van der Waals surface area (Å²) < 4.78 is 4.79. The average molecular weight is 441 g/mol. The van der Waals surface area contributed by atoms with Crippen molar-refractivity contribution in [3.63, 3.8) is 0 Å². The molecule has 0 bridgehead atoms. The molecule has 0 aliphatic carbocycles. The number of hydrogen-bond donors (Lipinski definition) is 1. The Kier molecular flexibility index (Phi) is 6.09. The van der Waals surface area contributed by atoms with E-state index in [1.54, 1.807) is 54.6 Å². The van der Waals surface area contributed by atoms with Crippen molar-refractivity contribution in [2.24, 2.45) is 0 Å². The smallest absolute Gasteiger partial charge is 0.337 e. The molecule has 6 heteroatoms. The second-order valence-corrected chi connectivity index (χ2v) is 7.67. The van der Waals surface area contributed by atoms with Crippen molar-refractivity contribution in [1.82, 2.24) is 0 Å². The maximum atomic E-state index is 13.2. The molecule has 0 spiro atoms. The van der Waals surface area contributed by atoms with Gasteiger partial charge < -0.3 is 9.84 Å². The summed E-state index contributed by atoms with van der Waals surface area (Å²) in [6.07, 6.45) is 0.839. The van der Waals surface area contributed by atoms with Crippen LogP contribution in [0.5, 0.6) is 0 Å². The van der Waals surface area contributed by atoms with Gasteiger partial charge in [0.05, 0.1) is 24.3 Å². The third kappa shape index (κ3) is 4.03. The lowest BCUT2D eigenvalue weighted by Gasteiger charge is -2.25. The van der Waals surface area contributed by atoms with Gasteiger partial charge in [0, 0.05) is 11.3 Å². The highest BCUT2D eigenvalue weighted by Crippen LogP contribution is 2.42. The number of ether oxygens (including phenoxy) is 1. The van der Waals surface area contributed by atoms with Crippen LogP contribution in [-0.4, -0.2) is 29.9 Å². The number of benzene rings is 3. The Labute approximate surface area is 191 Å². The topological polar surface area (TPSA) is 83.9 Å². The molecule has 6 nitrogen and oxygen atoms in total. The van der Waals surface area contributed by atoms with Gasteiger partial charge in [0.15, 0.2) is 0 Å². The maximum Gasteiger partial charge on any atom is 0.337 e. The number of anilines is 1. The van der Waals surface area contributed by atoms with Crippen LogP contribution in [0.1, 0.15) is 40.0 Å². The van der Waals surface area contributed by atoms with Crippen LogP contribution in [0.2, 0.25) is 0 Å². The molecule has 1 aliphatic rings. The fourth-order valence-electron chi connectivity index (χ4n) is 4.00. The maximum absolute atomic E-state index is 13.2. The van der Waals surface area contributed by atoms with E-state index < -0.39 is 23.7 Å². The van der Waals surface area contributed by atoms with E-state index in [4.69, 9.17) is 4.74 Å². The summed E-state index contributed by atoms with van der Waals surface area (Å²) in [5.41, 5.74) is 2.81. The molecule has 1 unspecified atom stereocenters. The lowest BCUT2D eigenvalue weighted by Crippen LogP contribution is -2.29. The quantitative estimate of drug-likeness (QED) is 0.269. The first kappa shape index (κ1) is 22.0. The fraction of sp³-hybridized carbons (Fsp3) is 0.148. The van der Waals surface area contributed by atoms with E-state index in [0.717, 1.165) is 12.0 Å². The zero-order valence-corrected chi connectivity index (χ0v) is 18.3. The Hall–Kier alpha value is -4.19. The number of methoxy groups -OCH3 is 1. The van der Waals surface area contributed by atoms with Gasteiger partial charge in [-0.3, -0.25) is 14.5 Å². The van der Waals surface area contributed by atoms with E-state index >= 15 is 0 Å². The first-order chi connectivity index (χ1) is 16.0. The van der Waals surface area contributed by atoms with Gasteiger partial charge in [-0.15, -0.1) is 0 Å². The zero-order valence-electron chi connectivity index (χ0n) is 18.3. The number of carbonyl (C=O) groups is 3. The molecule has 1 atom stereocenters. The Balaban J connectivity index is 1.90. The van der Waals surface area contributed by atoms with Crippen LogP contribution in [0.15, 0.2) is 84.4 Å². The van der Waals surface area contributed by atoms with Gasteiger partial charge in [0.25, 0.3) is 11.7 Å². The number of esters is 1. The van der Waals surface area contributed by atoms with Gasteiger partial charge in [-0.2, -0.15) is 0 Å². The second kappa shape index (κ2) is 9.12. The third-order valence-corrected chi connectivity index (χ3v) is 5.74. The van der Waals surface area contributed by atoms with Gasteiger partial charge in [0.2, 0.25) is 0 Å². The molecule has 166 valence electrons. The van der Waals surface area contributed by atoms with Crippen LogP contribution in [0, 0.1) is 0 Å². The highest BCUT2D eigenvalue weighted by Gasteiger charge is 2.47. The normalized spacial score (nSPS) is 17.3. The van der Waals surface area contributed by atoms with Crippen molar-refractivity contribution in [3.8, 4) is 0 Å². The minimum Gasteiger partial charge on any atom is -0.507 e. The Morgan fingerprint density at radius 1 is 0.939 bits per heavy atom. The van der Waals surface area contributed by atoms with Crippen molar-refractivity contribution in [2.75, 3.05) is 12.0 Å². The van der Waals surface area contributed by atoms with E-state index in [0.29, 0.717) is 16.8 Å². The summed E-state index contributed by atoms with van der Waals surface area (Å²) in [6.45, 7) is 2.03. The molecular weight excluding hydrogens is 418 g/mol. The van der Waals surface area contributed by atoms with Gasteiger partial charge in [-0.1, -0.05) is 67.6 Å². The van der Waals surface area contributed by atoms with Crippen molar-refractivity contribution in [2.45, 2.75) is 19.4 Å². The van der Waals surface area contributed by atoms with Crippen LogP contribution in [0.3, 0.4) is 0 Å². The summed E-state index contributed by atoms with van der Waals surface area (Å²) in [4.78, 5) is 39.7. The van der Waals surface area contributed by atoms with Crippen molar-refractivity contribution >= 4 is 29.1 Å². The number of nitrogens with zero attached hydrogens (tertiary/aromatic N) is 1. The van der Waals surface area contributed by atoms with Crippen molar-refractivity contribution < 1.29 is 24.2 Å². The number of aliphatic hydroxyl groups excluding tert-OH is 1. The summed E-state index contributed by atoms with van der Waals surface area (Å²) >= 11 is 0. The number of hydrogen-bond acceptors (Lipinski definition) is 5. The number of rotatable bonds is 5. The molecule has 4 rings (SSSR count). The Morgan fingerprint density at radius 3 is 2.27 bits per heavy atom. The molecule has 1 heterocycles. The van der Waals surface area contributed by atoms with E-state index in [-0.39, 0.29) is 16.9 Å². The predicted octanol–water partition coefficient (Wildman–Crippen LogP) is 4.66. The summed E-state index contributed by atoms with van der Waals surface area (Å²) in [6, 6.07) is 21.7. The highest BCUT2D eigenvalue weighted by molar-refractivity contribution is 6.51. The van der Waals surface area contributed by atoms with Gasteiger partial charge in [-0.05, 0) is 35.7 Å². The number of ketones is 1. The lowest BCUT2D eigenvalue weighted by molar-refractivity contribution is -0.132. The molecule has 1 saturated heterocycles. The lowest BCUT2D eigenvalue weighted by atomic mass is 9.94. The van der Waals surface area contributed by atoms with Gasteiger partial charge >= 0.3 is 5.97 Å². The van der Waals surface area contributed by atoms with Crippen LogP contribution < -0.4 is 4.90 Å². The summed E-state index contributed by atoms with van der Waals surface area (Å²) in [5, 5.41) is 11.2. The van der Waals surface area contributed by atoms with E-state index in [2.05, 4.69) is 0 Å². The molecule has 0 radical (unpaired) electrons. The molecule has 0 saturated carbocycles. The summed E-state index contributed by atoms with van der Waals surface area (Å²) in [5.74, 6) is -2.36. The third-order valence-electron chi connectivity index (χ3n) is 5.74. The number of amides is 1. The molecular formula is C27H23NO5. The van der Waals surface area contributed by atoms with Gasteiger partial charge in [-0.25, -0.2) is 4.79 Å². The number of carbonyl (C=O) groups excluding carboxylic acids is 3. The predicted molar refractivity (Wildman–Crippen MR) is 125 cm³/mol. The second-order valence-electron chi connectivity index (χ2n) is 7.67. The van der Waals surface area contributed by atoms with Crippen LogP contribution in [0.4, 0.5) is 5.69 Å². The first-order valence-electron chi connectivity index (χ1n) is 10.6. The number of Topliss-reactive ketones (excluding diaryl/α,β-unsaturated/α-hetero) is 1. The van der Waals surface area contributed by atoms with Crippen molar-refractivity contribution in [3.05, 3.63) is 107 Å². The molecule has 0 aromatic heterocycles. The molecule has 3 aromatic rings. The fourth-order valence-corrected chi connectivity index (χ4v) is 4.00. The molecule has 3 aromatic carbocycles. The number of aryl methyl sites for hydroxylation is 1. The van der Waals surface area contributed by atoms with E-state index in [1.165, 1.54) is 18.1 Å². The standard InChI is InChI=1S/C27H23NO5/c1-3-17-12-14-19(15-13-17)24(29)22-23(18-8-5-4-6-9-18)28(26(31)25(22)30)21-11-7-10-20(16-21)27(32)33-2/h4-16,23,29H,3H2,1-2H3/b24-22+. The zero-order chi connectivity index (χ0) is 23.5. The largest absolute Gasteiger partial charge is 0.507 e. The first-order valence-corrected chi connectivity index (χ1v) is 10.6. The van der Waals surface area contributed by atoms with E-state index in [9.17, 15) is 19.5 Å². The molecule has 1 fully saturated rings.